The zero-order valence-corrected chi connectivity index (χ0v) is 13.2. The minimum atomic E-state index is -0.0206. The summed E-state index contributed by atoms with van der Waals surface area (Å²) in [5.41, 5.74) is 6.92. The summed E-state index contributed by atoms with van der Waals surface area (Å²) < 4.78 is 17.0. The van der Waals surface area contributed by atoms with Crippen molar-refractivity contribution in [2.24, 2.45) is 5.73 Å². The van der Waals surface area contributed by atoms with Crippen LogP contribution >= 0.6 is 0 Å². The van der Waals surface area contributed by atoms with Crippen LogP contribution < -0.4 is 15.2 Å². The third kappa shape index (κ3) is 4.33. The van der Waals surface area contributed by atoms with E-state index in [4.69, 9.17) is 19.9 Å². The highest BCUT2D eigenvalue weighted by molar-refractivity contribution is 5.43. The van der Waals surface area contributed by atoms with Crippen LogP contribution in [0.25, 0.3) is 0 Å². The molecule has 5 nitrogen and oxygen atoms in total. The molecule has 2 atom stereocenters. The van der Waals surface area contributed by atoms with Gasteiger partial charge in [0.1, 0.15) is 12.7 Å². The van der Waals surface area contributed by atoms with Crippen LogP contribution in [-0.4, -0.2) is 51.0 Å². The fourth-order valence-corrected chi connectivity index (χ4v) is 2.44. The quantitative estimate of drug-likeness (QED) is 0.867. The molecule has 1 aliphatic rings. The number of rotatable bonds is 6. The zero-order valence-electron chi connectivity index (χ0n) is 13.2. The average Bonchev–Trinajstić information content (AvgIpc) is 2.52. The second-order valence-corrected chi connectivity index (χ2v) is 5.40. The Bertz CT molecular complexity index is 451. The number of hydrogen-bond donors (Lipinski definition) is 1. The maximum Gasteiger partial charge on any atom is 0.161 e. The Labute approximate surface area is 127 Å². The Kier molecular flexibility index (Phi) is 5.85. The van der Waals surface area contributed by atoms with Crippen molar-refractivity contribution in [3.63, 3.8) is 0 Å². The van der Waals surface area contributed by atoms with Gasteiger partial charge in [0.15, 0.2) is 11.5 Å². The van der Waals surface area contributed by atoms with Crippen molar-refractivity contribution in [1.29, 1.82) is 0 Å². The van der Waals surface area contributed by atoms with Crippen LogP contribution in [0.15, 0.2) is 18.2 Å². The van der Waals surface area contributed by atoms with Gasteiger partial charge in [0.05, 0.1) is 13.7 Å². The van der Waals surface area contributed by atoms with Gasteiger partial charge in [-0.2, -0.15) is 0 Å². The highest BCUT2D eigenvalue weighted by Gasteiger charge is 2.20. The monoisotopic (exact) mass is 294 g/mol. The lowest BCUT2D eigenvalue weighted by Crippen LogP contribution is -2.44. The molecule has 2 rings (SSSR count). The van der Waals surface area contributed by atoms with E-state index in [1.54, 1.807) is 7.11 Å². The van der Waals surface area contributed by atoms with Gasteiger partial charge >= 0.3 is 0 Å². The molecule has 1 heterocycles. The van der Waals surface area contributed by atoms with E-state index in [1.807, 2.05) is 25.1 Å². The lowest BCUT2D eigenvalue weighted by Gasteiger charge is -2.32. The van der Waals surface area contributed by atoms with Gasteiger partial charge in [-0.25, -0.2) is 0 Å². The van der Waals surface area contributed by atoms with Crippen molar-refractivity contribution in [3.05, 3.63) is 23.8 Å². The molecule has 1 unspecified atom stereocenters. The predicted octanol–water partition coefficient (Wildman–Crippen LogP) is 1.81. The first-order valence-corrected chi connectivity index (χ1v) is 7.54. The second kappa shape index (κ2) is 7.64. The molecule has 1 aliphatic heterocycles. The molecule has 0 bridgehead atoms. The molecule has 1 aromatic rings. The zero-order chi connectivity index (χ0) is 15.2. The first kappa shape index (κ1) is 16.1. The number of ether oxygens (including phenoxy) is 3. The summed E-state index contributed by atoms with van der Waals surface area (Å²) in [5, 5.41) is 0. The SMILES string of the molecule is CCN1CCOC(COc2ccc([C@H](C)N)cc2OC)C1. The van der Waals surface area contributed by atoms with E-state index in [0.717, 1.165) is 37.6 Å². The molecular weight excluding hydrogens is 268 g/mol. The Morgan fingerprint density at radius 3 is 2.90 bits per heavy atom. The van der Waals surface area contributed by atoms with Crippen molar-refractivity contribution in [1.82, 2.24) is 4.90 Å². The van der Waals surface area contributed by atoms with E-state index in [0.29, 0.717) is 12.4 Å². The lowest BCUT2D eigenvalue weighted by molar-refractivity contribution is -0.0466. The number of nitrogens with two attached hydrogens (primary N) is 1. The summed E-state index contributed by atoms with van der Waals surface area (Å²) in [4.78, 5) is 2.37. The van der Waals surface area contributed by atoms with Crippen molar-refractivity contribution in [2.75, 3.05) is 40.0 Å². The van der Waals surface area contributed by atoms with Gasteiger partial charge in [-0.1, -0.05) is 13.0 Å². The summed E-state index contributed by atoms with van der Waals surface area (Å²) in [6.45, 7) is 8.37. The van der Waals surface area contributed by atoms with Crippen molar-refractivity contribution in [2.45, 2.75) is 26.0 Å². The molecule has 0 aliphatic carbocycles. The summed E-state index contributed by atoms with van der Waals surface area (Å²) in [6.07, 6.45) is 0.108. The van der Waals surface area contributed by atoms with Crippen LogP contribution in [0.3, 0.4) is 0 Å². The largest absolute Gasteiger partial charge is 0.493 e. The topological polar surface area (TPSA) is 57.0 Å². The van der Waals surface area contributed by atoms with Gasteiger partial charge in [-0.15, -0.1) is 0 Å². The third-order valence-electron chi connectivity index (χ3n) is 3.81. The highest BCUT2D eigenvalue weighted by atomic mass is 16.5. The number of likely N-dealkylation sites (N-methyl/N-ethyl adjacent to an activating group) is 1. The smallest absolute Gasteiger partial charge is 0.161 e. The molecule has 0 aromatic heterocycles. The van der Waals surface area contributed by atoms with E-state index < -0.39 is 0 Å². The number of nitrogens with zero attached hydrogens (tertiary/aromatic N) is 1. The van der Waals surface area contributed by atoms with Gasteiger partial charge in [0, 0.05) is 19.1 Å². The van der Waals surface area contributed by atoms with Crippen molar-refractivity contribution >= 4 is 0 Å². The van der Waals surface area contributed by atoms with Gasteiger partial charge < -0.3 is 19.9 Å². The molecule has 0 radical (unpaired) electrons. The molecule has 5 heteroatoms. The average molecular weight is 294 g/mol. The Morgan fingerprint density at radius 2 is 2.24 bits per heavy atom. The maximum absolute atomic E-state index is 5.89. The maximum atomic E-state index is 5.89. The number of methoxy groups -OCH3 is 1. The summed E-state index contributed by atoms with van der Waals surface area (Å²) in [6, 6.07) is 5.80. The summed E-state index contributed by atoms with van der Waals surface area (Å²) in [7, 11) is 1.64. The standard InChI is InChI=1S/C16H26N2O3/c1-4-18-7-8-20-14(10-18)11-21-15-6-5-13(12(2)17)9-16(15)19-3/h5-6,9,12,14H,4,7-8,10-11,17H2,1-3H3/t12-,14?/m0/s1. The number of morpholine rings is 1. The minimum absolute atomic E-state index is 0.0206. The highest BCUT2D eigenvalue weighted by Crippen LogP contribution is 2.30. The molecule has 118 valence electrons. The van der Waals surface area contributed by atoms with E-state index in [-0.39, 0.29) is 12.1 Å². The van der Waals surface area contributed by atoms with Gasteiger partial charge in [0.25, 0.3) is 0 Å². The van der Waals surface area contributed by atoms with Crippen LogP contribution in [0.5, 0.6) is 11.5 Å². The molecule has 1 fully saturated rings. The first-order chi connectivity index (χ1) is 10.1. The van der Waals surface area contributed by atoms with Crippen LogP contribution in [0, 0.1) is 0 Å². The Hall–Kier alpha value is -1.30. The number of benzene rings is 1. The first-order valence-electron chi connectivity index (χ1n) is 7.54. The molecule has 0 spiro atoms. The fourth-order valence-electron chi connectivity index (χ4n) is 2.44. The molecule has 1 saturated heterocycles. The molecule has 21 heavy (non-hydrogen) atoms. The fraction of sp³-hybridized carbons (Fsp3) is 0.625. The normalized spacial score (nSPS) is 21.0. The molecule has 2 N–H and O–H groups in total. The molecule has 1 aromatic carbocycles. The minimum Gasteiger partial charge on any atom is -0.493 e. The summed E-state index contributed by atoms with van der Waals surface area (Å²) in [5.74, 6) is 1.45. The van der Waals surface area contributed by atoms with Gasteiger partial charge in [-0.3, -0.25) is 4.90 Å². The van der Waals surface area contributed by atoms with Gasteiger partial charge in [-0.05, 0) is 31.2 Å². The van der Waals surface area contributed by atoms with Crippen LogP contribution in [0.4, 0.5) is 0 Å². The second-order valence-electron chi connectivity index (χ2n) is 5.40. The van der Waals surface area contributed by atoms with Crippen molar-refractivity contribution in [3.8, 4) is 11.5 Å². The van der Waals surface area contributed by atoms with Crippen LogP contribution in [0.2, 0.25) is 0 Å². The Morgan fingerprint density at radius 1 is 1.43 bits per heavy atom. The predicted molar refractivity (Wildman–Crippen MR) is 82.9 cm³/mol. The van der Waals surface area contributed by atoms with E-state index >= 15 is 0 Å². The Balaban J connectivity index is 1.96. The van der Waals surface area contributed by atoms with Crippen molar-refractivity contribution < 1.29 is 14.2 Å². The van der Waals surface area contributed by atoms with E-state index in [1.165, 1.54) is 0 Å². The van der Waals surface area contributed by atoms with Gasteiger partial charge in [0.2, 0.25) is 0 Å². The van der Waals surface area contributed by atoms with E-state index in [2.05, 4.69) is 11.8 Å². The molecular formula is C16H26N2O3. The molecule has 0 amide bonds. The van der Waals surface area contributed by atoms with Crippen LogP contribution in [-0.2, 0) is 4.74 Å². The lowest BCUT2D eigenvalue weighted by atomic mass is 10.1. The third-order valence-corrected chi connectivity index (χ3v) is 3.81. The summed E-state index contributed by atoms with van der Waals surface area (Å²) >= 11 is 0. The van der Waals surface area contributed by atoms with Crippen LogP contribution in [0.1, 0.15) is 25.5 Å². The number of hydrogen-bond acceptors (Lipinski definition) is 5. The van der Waals surface area contributed by atoms with E-state index in [9.17, 15) is 0 Å². The molecule has 0 saturated carbocycles.